The van der Waals surface area contributed by atoms with E-state index in [9.17, 15) is 20.0 Å². The minimum absolute atomic E-state index is 0.178. The molecule has 0 bridgehead atoms. The van der Waals surface area contributed by atoms with Crippen LogP contribution in [0.3, 0.4) is 0 Å². The topological polar surface area (TPSA) is 87.7 Å². The molecule has 0 saturated carbocycles. The summed E-state index contributed by atoms with van der Waals surface area (Å²) in [5.74, 6) is -1.43. The van der Waals surface area contributed by atoms with Crippen molar-refractivity contribution in [3.05, 3.63) is 64.2 Å². The van der Waals surface area contributed by atoms with Crippen molar-refractivity contribution in [3.63, 3.8) is 0 Å². The highest BCUT2D eigenvalue weighted by Crippen LogP contribution is 2.32. The summed E-state index contributed by atoms with van der Waals surface area (Å²) in [6.07, 6.45) is 0. The van der Waals surface area contributed by atoms with Crippen LogP contribution >= 0.6 is 11.8 Å². The average molecular weight is 376 g/mol. The Hall–Kier alpha value is -2.38. The van der Waals surface area contributed by atoms with Gasteiger partial charge in [-0.1, -0.05) is 30.0 Å². The predicted octanol–water partition coefficient (Wildman–Crippen LogP) is 2.04. The van der Waals surface area contributed by atoms with Crippen LogP contribution in [0.1, 0.15) is 31.1 Å². The summed E-state index contributed by atoms with van der Waals surface area (Å²) in [6, 6.07) is 12.9. The Bertz CT molecular complexity index is 713. The van der Waals surface area contributed by atoms with Gasteiger partial charge in [-0.25, -0.2) is 0 Å². The number of carboxylic acid groups (broad SMARTS) is 1. The van der Waals surface area contributed by atoms with Crippen molar-refractivity contribution in [1.29, 1.82) is 0 Å². The smallest absolute Gasteiger partial charge is 0.270 e. The molecule has 0 heterocycles. The summed E-state index contributed by atoms with van der Waals surface area (Å²) in [7, 11) is 0. The number of benzene rings is 2. The fourth-order valence-electron chi connectivity index (χ4n) is 2.25. The van der Waals surface area contributed by atoms with Crippen molar-refractivity contribution in [2.45, 2.75) is 30.6 Å². The molecular weight excluding hydrogens is 352 g/mol. The van der Waals surface area contributed by atoms with Gasteiger partial charge >= 0.3 is 0 Å². The van der Waals surface area contributed by atoms with Gasteiger partial charge in [-0.05, 0) is 39.0 Å². The fourth-order valence-corrected chi connectivity index (χ4v) is 3.18. The maximum absolute atomic E-state index is 11.0. The number of nitrogens with one attached hydrogen (secondary N) is 1. The lowest BCUT2D eigenvalue weighted by molar-refractivity contribution is -0.894. The molecule has 7 heteroatoms. The van der Waals surface area contributed by atoms with Crippen LogP contribution in [0.2, 0.25) is 0 Å². The molecule has 0 fully saturated rings. The van der Waals surface area contributed by atoms with Gasteiger partial charge in [0.05, 0.1) is 30.5 Å². The molecule has 26 heavy (non-hydrogen) atoms. The molecule has 0 unspecified atom stereocenters. The van der Waals surface area contributed by atoms with Crippen LogP contribution < -0.4 is 10.0 Å². The van der Waals surface area contributed by atoms with Gasteiger partial charge in [0, 0.05) is 27.5 Å². The zero-order valence-corrected chi connectivity index (χ0v) is 16.0. The molecule has 0 radical (unpaired) electrons. The van der Waals surface area contributed by atoms with Crippen LogP contribution in [-0.2, 0) is 0 Å². The summed E-state index contributed by atoms with van der Waals surface area (Å²) in [4.78, 5) is 24.0. The lowest BCUT2D eigenvalue weighted by Crippen LogP contribution is -3.11. The number of nitro benzene ring substituents is 1. The third kappa shape index (κ3) is 6.85. The summed E-state index contributed by atoms with van der Waals surface area (Å²) in [6.45, 7) is 10.5. The molecule has 0 aliphatic heterocycles. The first-order valence-electron chi connectivity index (χ1n) is 8.49. The van der Waals surface area contributed by atoms with Gasteiger partial charge in [0.2, 0.25) is 0 Å². The van der Waals surface area contributed by atoms with Crippen LogP contribution in [0.15, 0.2) is 58.3 Å². The number of aromatic carboxylic acids is 1. The molecule has 0 aliphatic rings. The van der Waals surface area contributed by atoms with Crippen LogP contribution in [0.5, 0.6) is 0 Å². The molecule has 0 amide bonds. The summed E-state index contributed by atoms with van der Waals surface area (Å²) in [5, 5.41) is 21.7. The zero-order valence-electron chi connectivity index (χ0n) is 15.2. The Morgan fingerprint density at radius 2 is 1.62 bits per heavy atom. The summed E-state index contributed by atoms with van der Waals surface area (Å²) in [5.41, 5.74) is -0.445. The van der Waals surface area contributed by atoms with Crippen molar-refractivity contribution in [1.82, 2.24) is 0 Å². The number of quaternary nitrogens is 1. The van der Waals surface area contributed by atoms with Crippen molar-refractivity contribution in [2.75, 3.05) is 19.6 Å². The first-order valence-corrected chi connectivity index (χ1v) is 9.30. The molecule has 6 nitrogen and oxygen atoms in total. The maximum Gasteiger partial charge on any atom is 0.270 e. The van der Waals surface area contributed by atoms with Gasteiger partial charge in [-0.3, -0.25) is 10.1 Å². The summed E-state index contributed by atoms with van der Waals surface area (Å²) >= 11 is 1.22. The van der Waals surface area contributed by atoms with E-state index in [-0.39, 0.29) is 11.3 Å². The van der Waals surface area contributed by atoms with Crippen LogP contribution in [0.4, 0.5) is 5.69 Å². The minimum atomic E-state index is -1.43. The molecule has 2 aromatic carbocycles. The highest BCUT2D eigenvalue weighted by atomic mass is 32.2. The third-order valence-corrected chi connectivity index (χ3v) is 4.95. The molecule has 0 saturated heterocycles. The number of hydrogen-bond acceptors (Lipinski definition) is 5. The van der Waals surface area contributed by atoms with Crippen LogP contribution in [0.25, 0.3) is 0 Å². The number of nitro groups is 1. The molecular formula is C19H24N2O4S. The van der Waals surface area contributed by atoms with E-state index in [4.69, 9.17) is 0 Å². The molecule has 0 atom stereocenters. The quantitative estimate of drug-likeness (QED) is 0.590. The van der Waals surface area contributed by atoms with E-state index in [2.05, 4.69) is 20.8 Å². The van der Waals surface area contributed by atoms with Gasteiger partial charge in [0.25, 0.3) is 5.69 Å². The Balaban J connectivity index is 0.000000412. The molecule has 2 aromatic rings. The molecule has 0 spiro atoms. The molecule has 2 rings (SSSR count). The monoisotopic (exact) mass is 376 g/mol. The molecule has 0 aliphatic carbocycles. The highest BCUT2D eigenvalue weighted by molar-refractivity contribution is 7.99. The average Bonchev–Trinajstić information content (AvgIpc) is 2.64. The van der Waals surface area contributed by atoms with E-state index >= 15 is 0 Å². The minimum Gasteiger partial charge on any atom is -0.545 e. The van der Waals surface area contributed by atoms with E-state index in [0.717, 1.165) is 11.0 Å². The largest absolute Gasteiger partial charge is 0.545 e. The van der Waals surface area contributed by atoms with E-state index in [1.54, 1.807) is 4.90 Å². The Labute approximate surface area is 158 Å². The van der Waals surface area contributed by atoms with Gasteiger partial charge in [0.15, 0.2) is 0 Å². The Morgan fingerprint density at radius 1 is 1.04 bits per heavy atom. The molecule has 0 aromatic heterocycles. The standard InChI is InChI=1S/C13H9NO4S.C6H15N/c15-13(16)11-8-9(14(17)18)6-7-12(11)19-10-4-2-1-3-5-10;1-4-7(5-2)6-3/h1-8H,(H,15,16);4-6H2,1-3H3. The Kier molecular flexibility index (Phi) is 9.40. The second kappa shape index (κ2) is 11.3. The predicted molar refractivity (Wildman–Crippen MR) is 101 cm³/mol. The molecule has 140 valence electrons. The third-order valence-electron chi connectivity index (χ3n) is 3.86. The number of non-ortho nitro benzene ring substituents is 1. The number of carboxylic acids is 1. The van der Waals surface area contributed by atoms with Gasteiger partial charge in [0.1, 0.15) is 0 Å². The van der Waals surface area contributed by atoms with Gasteiger partial charge < -0.3 is 14.8 Å². The lowest BCUT2D eigenvalue weighted by atomic mass is 10.2. The maximum atomic E-state index is 11.0. The SMILES string of the molecule is CC[NH+](CC)CC.O=C([O-])c1cc([N+](=O)[O-])ccc1Sc1ccccc1. The van der Waals surface area contributed by atoms with E-state index < -0.39 is 10.9 Å². The van der Waals surface area contributed by atoms with Crippen molar-refractivity contribution >= 4 is 23.4 Å². The van der Waals surface area contributed by atoms with Crippen molar-refractivity contribution < 1.29 is 19.7 Å². The first-order chi connectivity index (χ1) is 12.4. The number of rotatable bonds is 7. The molecule has 1 N–H and O–H groups in total. The lowest BCUT2D eigenvalue weighted by Gasteiger charge is -2.10. The number of carbonyl (C=O) groups excluding carboxylic acids is 1. The summed E-state index contributed by atoms with van der Waals surface area (Å²) < 4.78 is 0. The first kappa shape index (κ1) is 21.7. The van der Waals surface area contributed by atoms with Gasteiger partial charge in [-0.2, -0.15) is 0 Å². The number of nitrogens with zero attached hydrogens (tertiary/aromatic N) is 1. The highest BCUT2D eigenvalue weighted by Gasteiger charge is 2.12. The van der Waals surface area contributed by atoms with E-state index in [1.165, 1.54) is 43.5 Å². The number of hydrogen-bond donors (Lipinski definition) is 1. The fraction of sp³-hybridized carbons (Fsp3) is 0.316. The number of carbonyl (C=O) groups is 1. The van der Waals surface area contributed by atoms with Crippen LogP contribution in [-0.4, -0.2) is 30.5 Å². The second-order valence-corrected chi connectivity index (χ2v) is 6.57. The normalized spacial score (nSPS) is 10.2. The van der Waals surface area contributed by atoms with E-state index in [1.807, 2.05) is 30.3 Å². The van der Waals surface area contributed by atoms with Crippen molar-refractivity contribution in [3.8, 4) is 0 Å². The second-order valence-electron chi connectivity index (χ2n) is 5.45. The zero-order chi connectivity index (χ0) is 19.5. The van der Waals surface area contributed by atoms with E-state index in [0.29, 0.717) is 4.90 Å². The van der Waals surface area contributed by atoms with Crippen molar-refractivity contribution in [2.24, 2.45) is 0 Å². The Morgan fingerprint density at radius 3 is 2.04 bits per heavy atom. The van der Waals surface area contributed by atoms with Gasteiger partial charge in [-0.15, -0.1) is 0 Å². The van der Waals surface area contributed by atoms with Crippen LogP contribution in [0, 0.1) is 10.1 Å².